The molecular weight excluding hydrogens is 286 g/mol. The topological polar surface area (TPSA) is 38.3 Å². The van der Waals surface area contributed by atoms with Gasteiger partial charge < -0.3 is 10.1 Å². The third kappa shape index (κ3) is 2.66. The monoisotopic (exact) mass is 307 g/mol. The first-order chi connectivity index (χ1) is 11.3. The summed E-state index contributed by atoms with van der Waals surface area (Å²) in [4.78, 5) is 12.3. The van der Waals surface area contributed by atoms with Crippen LogP contribution in [-0.4, -0.2) is 25.2 Å². The Morgan fingerprint density at radius 3 is 2.26 bits per heavy atom. The second-order valence-electron chi connectivity index (χ2n) is 6.36. The highest BCUT2D eigenvalue weighted by Crippen LogP contribution is 2.44. The smallest absolute Gasteiger partial charge is 0.323 e. The molecule has 1 aliphatic heterocycles. The standard InChI is InChI=1S/C20H21NO2/c22-20(19-11-5-6-12-21-19)23-13-18-16-9-3-1-7-14(16)15-8-2-4-10-17(15)18/h1-4,7-10,18-19,21H,5-6,11-13H2/t19-/m0/s1. The molecule has 118 valence electrons. The minimum absolute atomic E-state index is 0.105. The van der Waals surface area contributed by atoms with Crippen molar-refractivity contribution in [3.63, 3.8) is 0 Å². The van der Waals surface area contributed by atoms with Gasteiger partial charge in [0.1, 0.15) is 12.6 Å². The predicted octanol–water partition coefficient (Wildman–Crippen LogP) is 3.48. The van der Waals surface area contributed by atoms with E-state index in [0.717, 1.165) is 25.8 Å². The van der Waals surface area contributed by atoms with Crippen LogP contribution >= 0.6 is 0 Å². The molecule has 0 amide bonds. The Balaban J connectivity index is 1.53. The molecule has 1 fully saturated rings. The SMILES string of the molecule is O=C(OCC1c2ccccc2-c2ccccc21)[C@@H]1CCCCN1. The van der Waals surface area contributed by atoms with Crippen molar-refractivity contribution in [3.05, 3.63) is 59.7 Å². The Labute approximate surface area is 136 Å². The fourth-order valence-corrected chi connectivity index (χ4v) is 3.76. The number of benzene rings is 2. The summed E-state index contributed by atoms with van der Waals surface area (Å²) >= 11 is 0. The van der Waals surface area contributed by atoms with Crippen molar-refractivity contribution >= 4 is 5.97 Å². The van der Waals surface area contributed by atoms with Crippen molar-refractivity contribution in [1.29, 1.82) is 0 Å². The first-order valence-electron chi connectivity index (χ1n) is 8.43. The van der Waals surface area contributed by atoms with Gasteiger partial charge >= 0.3 is 5.97 Å². The van der Waals surface area contributed by atoms with E-state index >= 15 is 0 Å². The molecule has 3 heteroatoms. The van der Waals surface area contributed by atoms with Crippen LogP contribution in [0.5, 0.6) is 0 Å². The number of fused-ring (bicyclic) bond motifs is 3. The van der Waals surface area contributed by atoms with Gasteiger partial charge in [-0.3, -0.25) is 4.79 Å². The average Bonchev–Trinajstić information content (AvgIpc) is 2.94. The van der Waals surface area contributed by atoms with Crippen molar-refractivity contribution in [2.45, 2.75) is 31.2 Å². The minimum atomic E-state index is -0.129. The fourth-order valence-electron chi connectivity index (χ4n) is 3.76. The van der Waals surface area contributed by atoms with Crippen molar-refractivity contribution in [2.24, 2.45) is 0 Å². The molecule has 1 aliphatic carbocycles. The summed E-state index contributed by atoms with van der Waals surface area (Å²) in [5.41, 5.74) is 5.05. The van der Waals surface area contributed by atoms with E-state index in [1.807, 2.05) is 0 Å². The number of carbonyl (C=O) groups is 1. The van der Waals surface area contributed by atoms with Crippen LogP contribution < -0.4 is 5.32 Å². The van der Waals surface area contributed by atoms with E-state index in [-0.39, 0.29) is 17.9 Å². The Morgan fingerprint density at radius 2 is 1.65 bits per heavy atom. The number of esters is 1. The summed E-state index contributed by atoms with van der Waals surface area (Å²) in [5.74, 6) is 0.0431. The molecule has 23 heavy (non-hydrogen) atoms. The second-order valence-corrected chi connectivity index (χ2v) is 6.36. The third-order valence-electron chi connectivity index (χ3n) is 4.95. The van der Waals surface area contributed by atoms with Gasteiger partial charge in [0.2, 0.25) is 0 Å². The molecule has 3 nitrogen and oxygen atoms in total. The van der Waals surface area contributed by atoms with Crippen LogP contribution in [-0.2, 0) is 9.53 Å². The zero-order valence-electron chi connectivity index (χ0n) is 13.1. The van der Waals surface area contributed by atoms with Gasteiger partial charge in [-0.1, -0.05) is 55.0 Å². The summed E-state index contributed by atoms with van der Waals surface area (Å²) < 4.78 is 5.68. The van der Waals surface area contributed by atoms with Gasteiger partial charge in [0.15, 0.2) is 0 Å². The van der Waals surface area contributed by atoms with Gasteiger partial charge in [0, 0.05) is 5.92 Å². The Bertz CT molecular complexity index is 674. The molecule has 2 aliphatic rings. The van der Waals surface area contributed by atoms with E-state index in [0.29, 0.717) is 6.61 Å². The molecule has 0 spiro atoms. The molecule has 0 aromatic heterocycles. The van der Waals surface area contributed by atoms with Gasteiger partial charge in [-0.15, -0.1) is 0 Å². The van der Waals surface area contributed by atoms with Crippen molar-refractivity contribution in [1.82, 2.24) is 5.32 Å². The van der Waals surface area contributed by atoms with Crippen LogP contribution in [0.25, 0.3) is 11.1 Å². The third-order valence-corrected chi connectivity index (χ3v) is 4.95. The summed E-state index contributed by atoms with van der Waals surface area (Å²) in [5, 5.41) is 3.26. The molecule has 1 heterocycles. The normalized spacial score (nSPS) is 19.9. The number of ether oxygens (including phenoxy) is 1. The van der Waals surface area contributed by atoms with Gasteiger partial charge in [-0.2, -0.15) is 0 Å². The summed E-state index contributed by atoms with van der Waals surface area (Å²) in [6.45, 7) is 1.33. The number of hydrogen-bond acceptors (Lipinski definition) is 3. The van der Waals surface area contributed by atoms with E-state index in [1.165, 1.54) is 22.3 Å². The first kappa shape index (κ1) is 14.5. The van der Waals surface area contributed by atoms with Crippen LogP contribution in [0.2, 0.25) is 0 Å². The number of carbonyl (C=O) groups excluding carboxylic acids is 1. The molecular formula is C20H21NO2. The molecule has 4 rings (SSSR count). The maximum Gasteiger partial charge on any atom is 0.323 e. The van der Waals surface area contributed by atoms with E-state index in [1.54, 1.807) is 0 Å². The lowest BCUT2D eigenvalue weighted by atomic mass is 9.98. The highest BCUT2D eigenvalue weighted by molar-refractivity contribution is 5.79. The summed E-state index contributed by atoms with van der Waals surface area (Å²) in [6.07, 6.45) is 3.13. The van der Waals surface area contributed by atoms with Crippen molar-refractivity contribution < 1.29 is 9.53 Å². The summed E-state index contributed by atoms with van der Waals surface area (Å²) in [6, 6.07) is 16.7. The Kier molecular flexibility index (Phi) is 3.88. The summed E-state index contributed by atoms with van der Waals surface area (Å²) in [7, 11) is 0. The van der Waals surface area contributed by atoms with Crippen LogP contribution in [0.3, 0.4) is 0 Å². The van der Waals surface area contributed by atoms with Crippen molar-refractivity contribution in [3.8, 4) is 11.1 Å². The van der Waals surface area contributed by atoms with E-state index in [4.69, 9.17) is 4.74 Å². The molecule has 2 aromatic carbocycles. The van der Waals surface area contributed by atoms with Gasteiger partial charge in [0.05, 0.1) is 0 Å². The van der Waals surface area contributed by atoms with E-state index in [9.17, 15) is 4.79 Å². The Hall–Kier alpha value is -2.13. The van der Waals surface area contributed by atoms with Crippen molar-refractivity contribution in [2.75, 3.05) is 13.2 Å². The lowest BCUT2D eigenvalue weighted by molar-refractivity contribution is -0.147. The zero-order valence-corrected chi connectivity index (χ0v) is 13.1. The zero-order chi connectivity index (χ0) is 15.6. The molecule has 0 unspecified atom stereocenters. The van der Waals surface area contributed by atoms with Crippen LogP contribution in [0.15, 0.2) is 48.5 Å². The maximum atomic E-state index is 12.3. The number of nitrogens with one attached hydrogen (secondary N) is 1. The average molecular weight is 307 g/mol. The van der Waals surface area contributed by atoms with Gasteiger partial charge in [-0.05, 0) is 41.6 Å². The van der Waals surface area contributed by atoms with Crippen LogP contribution in [0, 0.1) is 0 Å². The quantitative estimate of drug-likeness (QED) is 0.882. The number of piperidine rings is 1. The Morgan fingerprint density at radius 1 is 1.00 bits per heavy atom. The molecule has 1 N–H and O–H groups in total. The first-order valence-corrected chi connectivity index (χ1v) is 8.43. The highest BCUT2D eigenvalue weighted by Gasteiger charge is 2.30. The second kappa shape index (κ2) is 6.17. The lowest BCUT2D eigenvalue weighted by Gasteiger charge is -2.23. The van der Waals surface area contributed by atoms with E-state index < -0.39 is 0 Å². The van der Waals surface area contributed by atoms with Gasteiger partial charge in [0.25, 0.3) is 0 Å². The highest BCUT2D eigenvalue weighted by atomic mass is 16.5. The molecule has 0 saturated carbocycles. The molecule has 0 bridgehead atoms. The molecule has 1 saturated heterocycles. The van der Waals surface area contributed by atoms with E-state index in [2.05, 4.69) is 53.8 Å². The minimum Gasteiger partial charge on any atom is -0.464 e. The number of rotatable bonds is 3. The van der Waals surface area contributed by atoms with Crippen LogP contribution in [0.1, 0.15) is 36.3 Å². The molecule has 1 atom stereocenters. The molecule has 2 aromatic rings. The largest absolute Gasteiger partial charge is 0.464 e. The maximum absolute atomic E-state index is 12.3. The lowest BCUT2D eigenvalue weighted by Crippen LogP contribution is -2.41. The predicted molar refractivity (Wildman–Crippen MR) is 90.3 cm³/mol. The fraction of sp³-hybridized carbons (Fsp3) is 0.350. The van der Waals surface area contributed by atoms with Crippen LogP contribution in [0.4, 0.5) is 0 Å². The molecule has 0 radical (unpaired) electrons. The number of hydrogen-bond donors (Lipinski definition) is 1. The van der Waals surface area contributed by atoms with Gasteiger partial charge in [-0.25, -0.2) is 0 Å².